The van der Waals surface area contributed by atoms with Crippen molar-refractivity contribution in [1.29, 1.82) is 0 Å². The van der Waals surface area contributed by atoms with E-state index in [2.05, 4.69) is 9.97 Å². The number of aromatic nitrogens is 2. The van der Waals surface area contributed by atoms with Crippen molar-refractivity contribution in [3.63, 3.8) is 0 Å². The number of nitrogens with zero attached hydrogens (tertiary/aromatic N) is 2. The summed E-state index contributed by atoms with van der Waals surface area (Å²) >= 11 is 5.72. The van der Waals surface area contributed by atoms with Crippen molar-refractivity contribution in [1.82, 2.24) is 9.97 Å². The molecule has 1 aromatic rings. The SMILES string of the molecule is CCc1nc(C)nc(Cl)c1N. The molecule has 0 radical (unpaired) electrons. The maximum Gasteiger partial charge on any atom is 0.155 e. The van der Waals surface area contributed by atoms with Gasteiger partial charge in [0.25, 0.3) is 0 Å². The summed E-state index contributed by atoms with van der Waals surface area (Å²) in [6, 6.07) is 0. The predicted molar refractivity (Wildman–Crippen MR) is 45.6 cm³/mol. The summed E-state index contributed by atoms with van der Waals surface area (Å²) in [5.74, 6) is 0.668. The third kappa shape index (κ3) is 1.60. The highest BCUT2D eigenvalue weighted by Crippen LogP contribution is 2.18. The van der Waals surface area contributed by atoms with E-state index in [1.807, 2.05) is 6.92 Å². The quantitative estimate of drug-likeness (QED) is 0.653. The predicted octanol–water partition coefficient (Wildman–Crippen LogP) is 1.58. The minimum absolute atomic E-state index is 0.356. The van der Waals surface area contributed by atoms with Crippen molar-refractivity contribution in [2.75, 3.05) is 5.73 Å². The monoisotopic (exact) mass is 171 g/mol. The summed E-state index contributed by atoms with van der Waals surface area (Å²) in [5.41, 5.74) is 6.93. The summed E-state index contributed by atoms with van der Waals surface area (Å²) in [5, 5.41) is 0.356. The van der Waals surface area contributed by atoms with Crippen molar-refractivity contribution in [3.05, 3.63) is 16.7 Å². The van der Waals surface area contributed by atoms with Crippen molar-refractivity contribution >= 4 is 17.3 Å². The summed E-state index contributed by atoms with van der Waals surface area (Å²) in [6.45, 7) is 3.78. The molecule has 2 N–H and O–H groups in total. The van der Waals surface area contributed by atoms with E-state index in [-0.39, 0.29) is 0 Å². The molecule has 0 saturated heterocycles. The zero-order valence-electron chi connectivity index (χ0n) is 6.56. The van der Waals surface area contributed by atoms with Gasteiger partial charge in [0.1, 0.15) is 5.82 Å². The van der Waals surface area contributed by atoms with Crippen molar-refractivity contribution in [2.45, 2.75) is 20.3 Å². The zero-order valence-corrected chi connectivity index (χ0v) is 7.31. The Bertz CT molecular complexity index is 273. The minimum atomic E-state index is 0.356. The first kappa shape index (κ1) is 8.27. The number of hydrogen-bond acceptors (Lipinski definition) is 3. The second-order valence-electron chi connectivity index (χ2n) is 2.28. The van der Waals surface area contributed by atoms with Crippen LogP contribution in [0.2, 0.25) is 5.15 Å². The fourth-order valence-electron chi connectivity index (χ4n) is 0.871. The van der Waals surface area contributed by atoms with E-state index in [1.54, 1.807) is 6.92 Å². The summed E-state index contributed by atoms with van der Waals surface area (Å²) in [4.78, 5) is 8.04. The number of nitrogen functional groups attached to an aromatic ring is 1. The van der Waals surface area contributed by atoms with E-state index in [4.69, 9.17) is 17.3 Å². The van der Waals surface area contributed by atoms with Gasteiger partial charge in [-0.25, -0.2) is 9.97 Å². The molecule has 11 heavy (non-hydrogen) atoms. The van der Waals surface area contributed by atoms with E-state index < -0.39 is 0 Å². The molecular weight excluding hydrogens is 162 g/mol. The van der Waals surface area contributed by atoms with E-state index in [0.717, 1.165) is 12.1 Å². The maximum absolute atomic E-state index is 5.72. The molecule has 3 nitrogen and oxygen atoms in total. The second-order valence-corrected chi connectivity index (χ2v) is 2.63. The molecule has 0 spiro atoms. The lowest BCUT2D eigenvalue weighted by atomic mass is 10.3. The van der Waals surface area contributed by atoms with Gasteiger partial charge in [-0.15, -0.1) is 0 Å². The molecule has 0 unspecified atom stereocenters. The van der Waals surface area contributed by atoms with E-state index in [9.17, 15) is 0 Å². The molecule has 0 aromatic carbocycles. The number of hydrogen-bond donors (Lipinski definition) is 1. The van der Waals surface area contributed by atoms with Crippen LogP contribution in [0.15, 0.2) is 0 Å². The van der Waals surface area contributed by atoms with Crippen LogP contribution in [0.3, 0.4) is 0 Å². The lowest BCUT2D eigenvalue weighted by molar-refractivity contribution is 0.955. The highest BCUT2D eigenvalue weighted by atomic mass is 35.5. The van der Waals surface area contributed by atoms with Crippen LogP contribution in [0.5, 0.6) is 0 Å². The highest BCUT2D eigenvalue weighted by Gasteiger charge is 2.04. The van der Waals surface area contributed by atoms with E-state index >= 15 is 0 Å². The second kappa shape index (κ2) is 3.05. The Kier molecular flexibility index (Phi) is 2.29. The number of rotatable bonds is 1. The van der Waals surface area contributed by atoms with Crippen LogP contribution in [0.25, 0.3) is 0 Å². The summed E-state index contributed by atoms with van der Waals surface area (Å²) in [7, 11) is 0. The van der Waals surface area contributed by atoms with Gasteiger partial charge in [0.2, 0.25) is 0 Å². The Morgan fingerprint density at radius 3 is 2.64 bits per heavy atom. The molecule has 1 rings (SSSR count). The largest absolute Gasteiger partial charge is 0.395 e. The topological polar surface area (TPSA) is 51.8 Å². The van der Waals surface area contributed by atoms with Gasteiger partial charge in [0.05, 0.1) is 11.4 Å². The highest BCUT2D eigenvalue weighted by molar-refractivity contribution is 6.31. The molecule has 0 saturated carbocycles. The molecule has 0 aliphatic rings. The third-order valence-electron chi connectivity index (χ3n) is 1.42. The lowest BCUT2D eigenvalue weighted by Crippen LogP contribution is -2.01. The van der Waals surface area contributed by atoms with Crippen LogP contribution < -0.4 is 5.73 Å². The Balaban J connectivity index is 3.24. The van der Waals surface area contributed by atoms with Gasteiger partial charge in [-0.1, -0.05) is 18.5 Å². The first-order chi connectivity index (χ1) is 5.15. The molecule has 1 heterocycles. The first-order valence-electron chi connectivity index (χ1n) is 3.43. The number of halogens is 1. The zero-order chi connectivity index (χ0) is 8.43. The Labute approximate surface area is 70.6 Å². The average molecular weight is 172 g/mol. The molecule has 0 aliphatic carbocycles. The third-order valence-corrected chi connectivity index (χ3v) is 1.71. The molecule has 0 bridgehead atoms. The molecular formula is C7H10ClN3. The lowest BCUT2D eigenvalue weighted by Gasteiger charge is -2.03. The molecule has 4 heteroatoms. The van der Waals surface area contributed by atoms with Gasteiger partial charge in [-0.05, 0) is 13.3 Å². The van der Waals surface area contributed by atoms with Crippen LogP contribution >= 0.6 is 11.6 Å². The fraction of sp³-hybridized carbons (Fsp3) is 0.429. The van der Waals surface area contributed by atoms with Crippen molar-refractivity contribution in [2.24, 2.45) is 0 Å². The van der Waals surface area contributed by atoms with Crippen LogP contribution in [0.4, 0.5) is 5.69 Å². The van der Waals surface area contributed by atoms with Crippen LogP contribution in [-0.2, 0) is 6.42 Å². The molecule has 0 amide bonds. The van der Waals surface area contributed by atoms with Gasteiger partial charge in [0, 0.05) is 0 Å². The Morgan fingerprint density at radius 1 is 1.45 bits per heavy atom. The van der Waals surface area contributed by atoms with Gasteiger partial charge in [-0.2, -0.15) is 0 Å². The van der Waals surface area contributed by atoms with Gasteiger partial charge >= 0.3 is 0 Å². The Morgan fingerprint density at radius 2 is 2.09 bits per heavy atom. The number of aryl methyl sites for hydroxylation is 2. The average Bonchev–Trinajstić information content (AvgIpc) is 1.96. The maximum atomic E-state index is 5.72. The molecule has 0 fully saturated rings. The van der Waals surface area contributed by atoms with Crippen LogP contribution in [-0.4, -0.2) is 9.97 Å². The fourth-order valence-corrected chi connectivity index (χ4v) is 1.10. The molecule has 60 valence electrons. The van der Waals surface area contributed by atoms with Crippen LogP contribution in [0.1, 0.15) is 18.4 Å². The summed E-state index contributed by atoms with van der Waals surface area (Å²) in [6.07, 6.45) is 0.787. The van der Waals surface area contributed by atoms with Gasteiger partial charge in [-0.3, -0.25) is 0 Å². The van der Waals surface area contributed by atoms with E-state index in [0.29, 0.717) is 16.7 Å². The van der Waals surface area contributed by atoms with Crippen molar-refractivity contribution < 1.29 is 0 Å². The van der Waals surface area contributed by atoms with E-state index in [1.165, 1.54) is 0 Å². The summed E-state index contributed by atoms with van der Waals surface area (Å²) < 4.78 is 0. The smallest absolute Gasteiger partial charge is 0.155 e. The van der Waals surface area contributed by atoms with Gasteiger partial charge < -0.3 is 5.73 Å². The normalized spacial score (nSPS) is 10.1. The molecule has 0 aliphatic heterocycles. The minimum Gasteiger partial charge on any atom is -0.395 e. The van der Waals surface area contributed by atoms with Gasteiger partial charge in [0.15, 0.2) is 5.15 Å². The standard InChI is InChI=1S/C7H10ClN3/c1-3-5-6(9)7(8)11-4(2)10-5/h3,9H2,1-2H3. The molecule has 1 aromatic heterocycles. The molecule has 0 atom stereocenters. The van der Waals surface area contributed by atoms with Crippen LogP contribution in [0, 0.1) is 6.92 Å². The number of anilines is 1. The first-order valence-corrected chi connectivity index (χ1v) is 3.81. The number of nitrogens with two attached hydrogens (primary N) is 1. The Hall–Kier alpha value is -0.830. The van der Waals surface area contributed by atoms with Crippen molar-refractivity contribution in [3.8, 4) is 0 Å².